The van der Waals surface area contributed by atoms with Gasteiger partial charge in [-0.05, 0) is 43.2 Å². The van der Waals surface area contributed by atoms with Crippen LogP contribution in [-0.4, -0.2) is 17.5 Å². The van der Waals surface area contributed by atoms with E-state index in [4.69, 9.17) is 5.73 Å². The van der Waals surface area contributed by atoms with Gasteiger partial charge in [0.1, 0.15) is 0 Å². The highest BCUT2D eigenvalue weighted by Crippen LogP contribution is 2.13. The Morgan fingerprint density at radius 2 is 1.42 bits per heavy atom. The molecular weight excluding hydrogens is 304 g/mol. The van der Waals surface area contributed by atoms with Gasteiger partial charge in [-0.2, -0.15) is 0 Å². The van der Waals surface area contributed by atoms with E-state index in [0.29, 0.717) is 29.8 Å². The molecule has 0 aliphatic carbocycles. The van der Waals surface area contributed by atoms with E-state index in [1.165, 1.54) is 32.0 Å². The number of Topliss-reactive ketones (excluding diaryl/α,β-unsaturated/α-hetero) is 2. The van der Waals surface area contributed by atoms with Crippen LogP contribution in [0, 0.1) is 0 Å². The van der Waals surface area contributed by atoms with Crippen molar-refractivity contribution in [3.05, 3.63) is 70.3 Å². The fraction of sp³-hybridized carbons (Fsp3) is 0.211. The minimum absolute atomic E-state index is 0.192. The average molecular weight is 324 g/mol. The van der Waals surface area contributed by atoms with Crippen LogP contribution in [0.2, 0.25) is 0 Å². The highest BCUT2D eigenvalue weighted by atomic mass is 16.2. The van der Waals surface area contributed by atoms with Gasteiger partial charge in [-0.1, -0.05) is 24.3 Å². The van der Waals surface area contributed by atoms with Gasteiger partial charge in [0.2, 0.25) is 0 Å². The van der Waals surface area contributed by atoms with Crippen LogP contribution in [0.25, 0.3) is 0 Å². The third-order valence-electron chi connectivity index (χ3n) is 3.69. The van der Waals surface area contributed by atoms with E-state index >= 15 is 0 Å². The first-order chi connectivity index (χ1) is 11.4. The number of nitrogens with two attached hydrogens (primary N) is 1. The normalized spacial score (nSPS) is 10.3. The standard InChI is InChI=1S/C19H20N2O3/c1-12(22)16-7-17(13(2)23)9-18(8-16)19(24)21-11-15-5-3-4-14(6-15)10-20/h3-9H,10-11,20H2,1-2H3,(H,21,24). The molecule has 0 bridgehead atoms. The summed E-state index contributed by atoms with van der Waals surface area (Å²) in [5, 5.41) is 2.80. The van der Waals surface area contributed by atoms with Gasteiger partial charge in [-0.3, -0.25) is 14.4 Å². The maximum absolute atomic E-state index is 12.4. The predicted octanol–water partition coefficient (Wildman–Crippen LogP) is 2.48. The lowest BCUT2D eigenvalue weighted by Gasteiger charge is -2.09. The molecule has 2 aromatic rings. The number of carbonyl (C=O) groups excluding carboxylic acids is 3. The third-order valence-corrected chi connectivity index (χ3v) is 3.69. The van der Waals surface area contributed by atoms with Gasteiger partial charge in [-0.25, -0.2) is 0 Å². The summed E-state index contributed by atoms with van der Waals surface area (Å²) in [6.45, 7) is 3.58. The van der Waals surface area contributed by atoms with E-state index in [-0.39, 0.29) is 17.5 Å². The predicted molar refractivity (Wildman–Crippen MR) is 92.0 cm³/mol. The molecule has 1 amide bonds. The number of benzene rings is 2. The summed E-state index contributed by atoms with van der Waals surface area (Å²) in [5.74, 6) is -0.718. The largest absolute Gasteiger partial charge is 0.348 e. The first-order valence-electron chi connectivity index (χ1n) is 7.63. The summed E-state index contributed by atoms with van der Waals surface area (Å²) in [6.07, 6.45) is 0. The smallest absolute Gasteiger partial charge is 0.251 e. The van der Waals surface area contributed by atoms with Gasteiger partial charge in [0.05, 0.1) is 0 Å². The molecule has 5 nitrogen and oxygen atoms in total. The van der Waals surface area contributed by atoms with Gasteiger partial charge in [0, 0.05) is 29.8 Å². The lowest BCUT2D eigenvalue weighted by Crippen LogP contribution is -2.23. The van der Waals surface area contributed by atoms with Crippen molar-refractivity contribution in [2.45, 2.75) is 26.9 Å². The van der Waals surface area contributed by atoms with Crippen LogP contribution in [0.4, 0.5) is 0 Å². The molecule has 3 N–H and O–H groups in total. The maximum Gasteiger partial charge on any atom is 0.251 e. The van der Waals surface area contributed by atoms with Gasteiger partial charge < -0.3 is 11.1 Å². The molecule has 0 aliphatic heterocycles. The summed E-state index contributed by atoms with van der Waals surface area (Å²) in [6, 6.07) is 12.1. The lowest BCUT2D eigenvalue weighted by molar-refractivity contribution is 0.0951. The van der Waals surface area contributed by atoms with Crippen molar-refractivity contribution in [3.8, 4) is 0 Å². The molecule has 0 aliphatic rings. The Labute approximate surface area is 140 Å². The minimum Gasteiger partial charge on any atom is -0.348 e. The van der Waals surface area contributed by atoms with E-state index in [0.717, 1.165) is 11.1 Å². The van der Waals surface area contributed by atoms with E-state index in [9.17, 15) is 14.4 Å². The second-order valence-corrected chi connectivity index (χ2v) is 5.62. The Morgan fingerprint density at radius 1 is 0.875 bits per heavy atom. The molecule has 2 aromatic carbocycles. The Bertz CT molecular complexity index is 765. The highest BCUT2D eigenvalue weighted by molar-refractivity contribution is 6.04. The number of rotatable bonds is 6. The topological polar surface area (TPSA) is 89.3 Å². The van der Waals surface area contributed by atoms with Crippen molar-refractivity contribution in [1.82, 2.24) is 5.32 Å². The quantitative estimate of drug-likeness (QED) is 0.799. The van der Waals surface area contributed by atoms with Gasteiger partial charge in [0.15, 0.2) is 11.6 Å². The highest BCUT2D eigenvalue weighted by Gasteiger charge is 2.13. The molecule has 2 rings (SSSR count). The molecule has 0 unspecified atom stereocenters. The van der Waals surface area contributed by atoms with Crippen molar-refractivity contribution >= 4 is 17.5 Å². The molecule has 0 atom stereocenters. The van der Waals surface area contributed by atoms with E-state index < -0.39 is 0 Å². The summed E-state index contributed by atoms with van der Waals surface area (Å²) in [7, 11) is 0. The molecule has 0 fully saturated rings. The van der Waals surface area contributed by atoms with Crippen molar-refractivity contribution in [3.63, 3.8) is 0 Å². The second kappa shape index (κ2) is 7.66. The molecule has 24 heavy (non-hydrogen) atoms. The molecule has 124 valence electrons. The first-order valence-corrected chi connectivity index (χ1v) is 7.63. The average Bonchev–Trinajstić information content (AvgIpc) is 2.59. The molecule has 0 radical (unpaired) electrons. The molecule has 5 heteroatoms. The second-order valence-electron chi connectivity index (χ2n) is 5.62. The van der Waals surface area contributed by atoms with Crippen LogP contribution in [0.15, 0.2) is 42.5 Å². The molecule has 0 saturated heterocycles. The number of carbonyl (C=O) groups is 3. The summed E-state index contributed by atoms with van der Waals surface area (Å²) in [5.41, 5.74) is 8.51. The lowest BCUT2D eigenvalue weighted by atomic mass is 10.0. The monoisotopic (exact) mass is 324 g/mol. The fourth-order valence-corrected chi connectivity index (χ4v) is 2.32. The Hall–Kier alpha value is -2.79. The summed E-state index contributed by atoms with van der Waals surface area (Å²) >= 11 is 0. The van der Waals surface area contributed by atoms with Crippen molar-refractivity contribution < 1.29 is 14.4 Å². The van der Waals surface area contributed by atoms with Crippen LogP contribution in [0.5, 0.6) is 0 Å². The molecular formula is C19H20N2O3. The first kappa shape index (κ1) is 17.6. The van der Waals surface area contributed by atoms with Gasteiger partial charge in [0.25, 0.3) is 5.91 Å². The zero-order valence-corrected chi connectivity index (χ0v) is 13.8. The van der Waals surface area contributed by atoms with Crippen LogP contribution in [-0.2, 0) is 13.1 Å². The minimum atomic E-state index is -0.334. The maximum atomic E-state index is 12.4. The molecule has 0 saturated carbocycles. The van der Waals surface area contributed by atoms with Crippen molar-refractivity contribution in [2.75, 3.05) is 0 Å². The number of ketones is 2. The Kier molecular flexibility index (Phi) is 5.60. The number of hydrogen-bond donors (Lipinski definition) is 2. The summed E-state index contributed by atoms with van der Waals surface area (Å²) < 4.78 is 0. The zero-order chi connectivity index (χ0) is 17.7. The van der Waals surface area contributed by atoms with Crippen LogP contribution >= 0.6 is 0 Å². The van der Waals surface area contributed by atoms with E-state index in [1.807, 2.05) is 24.3 Å². The fourth-order valence-electron chi connectivity index (χ4n) is 2.32. The Morgan fingerprint density at radius 3 is 1.96 bits per heavy atom. The van der Waals surface area contributed by atoms with Gasteiger partial charge >= 0.3 is 0 Å². The number of hydrogen-bond acceptors (Lipinski definition) is 4. The molecule has 0 spiro atoms. The molecule has 0 aromatic heterocycles. The van der Waals surface area contributed by atoms with Crippen LogP contribution < -0.4 is 11.1 Å². The van der Waals surface area contributed by atoms with Gasteiger partial charge in [-0.15, -0.1) is 0 Å². The zero-order valence-electron chi connectivity index (χ0n) is 13.8. The number of nitrogens with one attached hydrogen (secondary N) is 1. The van der Waals surface area contributed by atoms with Crippen molar-refractivity contribution in [1.29, 1.82) is 0 Å². The van der Waals surface area contributed by atoms with E-state index in [1.54, 1.807) is 0 Å². The number of amides is 1. The van der Waals surface area contributed by atoms with Crippen LogP contribution in [0.1, 0.15) is 56.0 Å². The summed E-state index contributed by atoms with van der Waals surface area (Å²) in [4.78, 5) is 35.5. The SMILES string of the molecule is CC(=O)c1cc(C(C)=O)cc(C(=O)NCc2cccc(CN)c2)c1. The third kappa shape index (κ3) is 4.36. The van der Waals surface area contributed by atoms with Crippen LogP contribution in [0.3, 0.4) is 0 Å². The molecule has 0 heterocycles. The van der Waals surface area contributed by atoms with E-state index in [2.05, 4.69) is 5.32 Å². The Balaban J connectivity index is 2.19. The van der Waals surface area contributed by atoms with Crippen molar-refractivity contribution in [2.24, 2.45) is 5.73 Å².